The highest BCUT2D eigenvalue weighted by atomic mass is 16.5. The lowest BCUT2D eigenvalue weighted by Gasteiger charge is -2.10. The van der Waals surface area contributed by atoms with E-state index < -0.39 is 5.97 Å². The molecule has 0 spiro atoms. The van der Waals surface area contributed by atoms with Gasteiger partial charge in [0.05, 0.1) is 17.6 Å². The highest BCUT2D eigenvalue weighted by molar-refractivity contribution is 6.08. The monoisotopic (exact) mass is 312 g/mol. The van der Waals surface area contributed by atoms with Crippen molar-refractivity contribution in [3.8, 4) is 0 Å². The van der Waals surface area contributed by atoms with E-state index in [2.05, 4.69) is 23.8 Å². The second-order valence-electron chi connectivity index (χ2n) is 5.87. The third-order valence-electron chi connectivity index (χ3n) is 3.62. The molecule has 0 amide bonds. The highest BCUT2D eigenvalue weighted by Gasteiger charge is 2.25. The highest BCUT2D eigenvalue weighted by Crippen LogP contribution is 2.29. The third-order valence-corrected chi connectivity index (χ3v) is 3.62. The molecular weight excluding hydrogens is 292 g/mol. The molecule has 0 aliphatic heterocycles. The summed E-state index contributed by atoms with van der Waals surface area (Å²) in [5, 5.41) is 0. The van der Waals surface area contributed by atoms with Gasteiger partial charge in [-0.05, 0) is 25.0 Å². The van der Waals surface area contributed by atoms with Crippen molar-refractivity contribution in [3.63, 3.8) is 0 Å². The number of anilines is 1. The maximum absolute atomic E-state index is 12.3. The predicted octanol–water partition coefficient (Wildman–Crippen LogP) is 3.00. The van der Waals surface area contributed by atoms with Crippen molar-refractivity contribution in [2.75, 3.05) is 12.3 Å². The molecule has 2 heterocycles. The van der Waals surface area contributed by atoms with E-state index >= 15 is 0 Å². The molecule has 0 aliphatic rings. The maximum atomic E-state index is 12.3. The van der Waals surface area contributed by atoms with Gasteiger partial charge in [-0.2, -0.15) is 0 Å². The first kappa shape index (κ1) is 15.3. The van der Waals surface area contributed by atoms with Crippen LogP contribution in [-0.4, -0.2) is 27.1 Å². The first-order valence-electron chi connectivity index (χ1n) is 7.74. The van der Waals surface area contributed by atoms with Crippen molar-refractivity contribution in [3.05, 3.63) is 29.8 Å². The molecule has 0 aliphatic carbocycles. The number of nitrogens with two attached hydrogens (primary N) is 1. The van der Waals surface area contributed by atoms with E-state index in [1.54, 1.807) is 6.92 Å². The Labute approximate surface area is 134 Å². The fraction of sp³-hybridized carbons (Fsp3) is 0.353. The molecule has 6 nitrogen and oxygen atoms in total. The summed E-state index contributed by atoms with van der Waals surface area (Å²) in [5.41, 5.74) is 9.17. The fourth-order valence-corrected chi connectivity index (χ4v) is 2.67. The molecular formula is C17H20N4O2. The number of rotatable bonds is 4. The van der Waals surface area contributed by atoms with Crippen LogP contribution in [0.1, 0.15) is 31.1 Å². The van der Waals surface area contributed by atoms with Crippen LogP contribution in [0.3, 0.4) is 0 Å². The van der Waals surface area contributed by atoms with Gasteiger partial charge in [-0.25, -0.2) is 14.8 Å². The van der Waals surface area contributed by atoms with Crippen LogP contribution < -0.4 is 5.73 Å². The van der Waals surface area contributed by atoms with Crippen molar-refractivity contribution < 1.29 is 9.53 Å². The Bertz CT molecular complexity index is 883. The van der Waals surface area contributed by atoms with Crippen LogP contribution in [0.4, 0.5) is 5.82 Å². The number of carbonyl (C=O) groups excluding carboxylic acids is 1. The number of hydrogen-bond donors (Lipinski definition) is 1. The molecule has 120 valence electrons. The summed E-state index contributed by atoms with van der Waals surface area (Å²) in [5.74, 6) is 0.265. The summed E-state index contributed by atoms with van der Waals surface area (Å²) in [4.78, 5) is 21.6. The summed E-state index contributed by atoms with van der Waals surface area (Å²) >= 11 is 0. The van der Waals surface area contributed by atoms with Gasteiger partial charge in [0.15, 0.2) is 5.65 Å². The van der Waals surface area contributed by atoms with E-state index in [0.29, 0.717) is 35.0 Å². The predicted molar refractivity (Wildman–Crippen MR) is 90.2 cm³/mol. The number of para-hydroxylation sites is 2. The minimum absolute atomic E-state index is 0.288. The quantitative estimate of drug-likeness (QED) is 0.749. The summed E-state index contributed by atoms with van der Waals surface area (Å²) in [6, 6.07) is 7.57. The van der Waals surface area contributed by atoms with Crippen LogP contribution in [0.2, 0.25) is 0 Å². The number of carbonyl (C=O) groups is 1. The number of benzene rings is 1. The van der Waals surface area contributed by atoms with Gasteiger partial charge in [0.1, 0.15) is 16.9 Å². The molecule has 0 bridgehead atoms. The molecule has 2 aromatic heterocycles. The second kappa shape index (κ2) is 5.87. The average molecular weight is 312 g/mol. The van der Waals surface area contributed by atoms with Crippen molar-refractivity contribution in [1.82, 2.24) is 14.5 Å². The van der Waals surface area contributed by atoms with Crippen LogP contribution in [0, 0.1) is 5.92 Å². The molecule has 0 radical (unpaired) electrons. The molecule has 23 heavy (non-hydrogen) atoms. The SMILES string of the molecule is CCOC(=O)c1c(N)n(CC(C)C)c2nc3ccccc3nc12. The number of fused-ring (bicyclic) bond motifs is 2. The van der Waals surface area contributed by atoms with Crippen LogP contribution in [0.5, 0.6) is 0 Å². The van der Waals surface area contributed by atoms with Gasteiger partial charge in [0, 0.05) is 6.54 Å². The fourth-order valence-electron chi connectivity index (χ4n) is 2.67. The Kier molecular flexibility index (Phi) is 3.90. The zero-order valence-corrected chi connectivity index (χ0v) is 13.5. The molecule has 0 fully saturated rings. The molecule has 0 saturated carbocycles. The Balaban J connectivity index is 2.34. The zero-order valence-electron chi connectivity index (χ0n) is 13.5. The topological polar surface area (TPSA) is 83.0 Å². The van der Waals surface area contributed by atoms with Crippen molar-refractivity contribution in [1.29, 1.82) is 0 Å². The largest absolute Gasteiger partial charge is 0.462 e. The summed E-state index contributed by atoms with van der Waals surface area (Å²) in [7, 11) is 0. The molecule has 2 N–H and O–H groups in total. The van der Waals surface area contributed by atoms with Crippen molar-refractivity contribution >= 4 is 34.0 Å². The van der Waals surface area contributed by atoms with Gasteiger partial charge in [0.25, 0.3) is 0 Å². The van der Waals surface area contributed by atoms with E-state index in [-0.39, 0.29) is 6.61 Å². The molecule has 0 unspecified atom stereocenters. The normalized spacial score (nSPS) is 11.5. The van der Waals surface area contributed by atoms with Crippen molar-refractivity contribution in [2.24, 2.45) is 5.92 Å². The van der Waals surface area contributed by atoms with Gasteiger partial charge < -0.3 is 15.0 Å². The Morgan fingerprint density at radius 3 is 2.52 bits per heavy atom. The first-order chi connectivity index (χ1) is 11.0. The number of ether oxygens (including phenoxy) is 1. The summed E-state index contributed by atoms with van der Waals surface area (Å²) < 4.78 is 7.00. The molecule has 0 saturated heterocycles. The number of aromatic nitrogens is 3. The second-order valence-corrected chi connectivity index (χ2v) is 5.87. The number of hydrogen-bond acceptors (Lipinski definition) is 5. The van der Waals surface area contributed by atoms with Crippen LogP contribution >= 0.6 is 0 Å². The number of esters is 1. The zero-order chi connectivity index (χ0) is 16.6. The number of nitrogen functional groups attached to an aromatic ring is 1. The van der Waals surface area contributed by atoms with E-state index in [4.69, 9.17) is 10.5 Å². The third kappa shape index (κ3) is 2.60. The molecule has 1 aromatic carbocycles. The lowest BCUT2D eigenvalue weighted by molar-refractivity contribution is 0.0529. The Morgan fingerprint density at radius 2 is 1.91 bits per heavy atom. The minimum atomic E-state index is -0.456. The van der Waals surface area contributed by atoms with Gasteiger partial charge in [-0.3, -0.25) is 0 Å². The first-order valence-corrected chi connectivity index (χ1v) is 7.74. The van der Waals surface area contributed by atoms with E-state index in [1.165, 1.54) is 0 Å². The minimum Gasteiger partial charge on any atom is -0.462 e. The van der Waals surface area contributed by atoms with E-state index in [1.807, 2.05) is 28.8 Å². The Morgan fingerprint density at radius 1 is 1.26 bits per heavy atom. The lowest BCUT2D eigenvalue weighted by Crippen LogP contribution is -2.11. The summed E-state index contributed by atoms with van der Waals surface area (Å²) in [6.45, 7) is 6.89. The van der Waals surface area contributed by atoms with Crippen LogP contribution in [-0.2, 0) is 11.3 Å². The molecule has 0 atom stereocenters. The van der Waals surface area contributed by atoms with E-state index in [9.17, 15) is 4.79 Å². The lowest BCUT2D eigenvalue weighted by atomic mass is 10.2. The Hall–Kier alpha value is -2.63. The van der Waals surface area contributed by atoms with Gasteiger partial charge in [0.2, 0.25) is 0 Å². The van der Waals surface area contributed by atoms with Gasteiger partial charge in [-0.15, -0.1) is 0 Å². The standard InChI is InChI=1S/C17H20N4O2/c1-4-23-17(22)13-14-16(21(15(13)18)9-10(2)3)20-12-8-6-5-7-11(12)19-14/h5-8,10H,4,9,18H2,1-3H3. The van der Waals surface area contributed by atoms with Gasteiger partial charge in [-0.1, -0.05) is 26.0 Å². The van der Waals surface area contributed by atoms with Crippen molar-refractivity contribution in [2.45, 2.75) is 27.3 Å². The molecule has 3 rings (SSSR count). The number of nitrogens with zero attached hydrogens (tertiary/aromatic N) is 3. The average Bonchev–Trinajstić information content (AvgIpc) is 2.77. The molecule has 6 heteroatoms. The smallest absolute Gasteiger partial charge is 0.344 e. The van der Waals surface area contributed by atoms with E-state index in [0.717, 1.165) is 11.0 Å². The van der Waals surface area contributed by atoms with Gasteiger partial charge >= 0.3 is 5.97 Å². The maximum Gasteiger partial charge on any atom is 0.344 e. The summed E-state index contributed by atoms with van der Waals surface area (Å²) in [6.07, 6.45) is 0. The van der Waals surface area contributed by atoms with Crippen LogP contribution in [0.25, 0.3) is 22.2 Å². The van der Waals surface area contributed by atoms with Crippen LogP contribution in [0.15, 0.2) is 24.3 Å². The molecule has 3 aromatic rings.